The molecule has 2 aromatic carbocycles. The van der Waals surface area contributed by atoms with Crippen molar-refractivity contribution in [3.63, 3.8) is 0 Å². The Morgan fingerprint density at radius 2 is 1.70 bits per heavy atom. The number of benzene rings is 2. The lowest BCUT2D eigenvalue weighted by molar-refractivity contribution is 0.317. The molecular weight excluding hydrogens is 402 g/mol. The first-order valence-electron chi connectivity index (χ1n) is 8.74. The molecule has 0 amide bonds. The molecule has 3 rings (SSSR count). The smallest absolute Gasteiger partial charge is 0.142 e. The molecule has 1 aromatic heterocycles. The predicted octanol–water partition coefficient (Wildman–Crippen LogP) is 5.73. The fourth-order valence-electron chi connectivity index (χ4n) is 2.99. The summed E-state index contributed by atoms with van der Waals surface area (Å²) in [6.45, 7) is 4.72. The Labute approximate surface area is 167 Å². The summed E-state index contributed by atoms with van der Waals surface area (Å²) in [5.74, 6) is 1.05. The van der Waals surface area contributed by atoms with Crippen LogP contribution in [0.4, 0.5) is 5.82 Å². The summed E-state index contributed by atoms with van der Waals surface area (Å²) < 4.78 is 6.65. The number of anilines is 1. The van der Waals surface area contributed by atoms with E-state index in [9.17, 15) is 5.26 Å². The number of nitriles is 1. The highest BCUT2D eigenvalue weighted by Gasteiger charge is 2.18. The lowest BCUT2D eigenvalue weighted by Gasteiger charge is -2.15. The predicted molar refractivity (Wildman–Crippen MR) is 112 cm³/mol. The molecule has 0 aliphatic heterocycles. The number of nitrogens with two attached hydrogens (primary N) is 1. The Morgan fingerprint density at radius 3 is 2.30 bits per heavy atom. The summed E-state index contributed by atoms with van der Waals surface area (Å²) >= 11 is 3.45. The van der Waals surface area contributed by atoms with Crippen LogP contribution in [0.3, 0.4) is 0 Å². The molecule has 5 heteroatoms. The minimum atomic E-state index is 0.238. The van der Waals surface area contributed by atoms with Gasteiger partial charge in [0.15, 0.2) is 0 Å². The van der Waals surface area contributed by atoms with E-state index >= 15 is 0 Å². The second kappa shape index (κ2) is 8.24. The van der Waals surface area contributed by atoms with E-state index in [2.05, 4.69) is 33.9 Å². The zero-order valence-corrected chi connectivity index (χ0v) is 16.9. The van der Waals surface area contributed by atoms with E-state index < -0.39 is 0 Å². The van der Waals surface area contributed by atoms with Gasteiger partial charge in [0.2, 0.25) is 0 Å². The summed E-state index contributed by atoms with van der Waals surface area (Å²) in [5, 5.41) is 9.65. The van der Waals surface area contributed by atoms with Crippen LogP contribution in [-0.2, 0) is 0 Å². The molecule has 0 saturated heterocycles. The molecular formula is C22H20BrN3O. The molecule has 0 radical (unpaired) electrons. The molecule has 0 aliphatic rings. The van der Waals surface area contributed by atoms with E-state index in [0.717, 1.165) is 44.6 Å². The van der Waals surface area contributed by atoms with Crippen LogP contribution in [0.25, 0.3) is 22.4 Å². The normalized spacial score (nSPS) is 10.4. The first-order valence-corrected chi connectivity index (χ1v) is 9.53. The Hall–Kier alpha value is -2.84. The number of nitrogen functional groups attached to an aromatic ring is 1. The largest absolute Gasteiger partial charge is 0.494 e. The van der Waals surface area contributed by atoms with Crippen molar-refractivity contribution in [2.45, 2.75) is 20.3 Å². The van der Waals surface area contributed by atoms with E-state index in [1.807, 2.05) is 55.5 Å². The maximum absolute atomic E-state index is 9.65. The van der Waals surface area contributed by atoms with Gasteiger partial charge in [-0.2, -0.15) is 5.26 Å². The SMILES string of the molecule is CCCOc1ccc(-c2c(C)c(-c3ccc(Br)cc3)nc(N)c2C#N)cc1. The van der Waals surface area contributed by atoms with E-state index in [-0.39, 0.29) is 5.82 Å². The Kier molecular flexibility index (Phi) is 5.78. The van der Waals surface area contributed by atoms with Crippen LogP contribution in [0.5, 0.6) is 5.75 Å². The molecule has 27 heavy (non-hydrogen) atoms. The molecule has 0 saturated carbocycles. The maximum atomic E-state index is 9.65. The third-order valence-electron chi connectivity index (χ3n) is 4.31. The molecule has 0 spiro atoms. The lowest BCUT2D eigenvalue weighted by atomic mass is 9.93. The van der Waals surface area contributed by atoms with Gasteiger partial charge in [0.25, 0.3) is 0 Å². The van der Waals surface area contributed by atoms with Gasteiger partial charge in [-0.15, -0.1) is 0 Å². The monoisotopic (exact) mass is 421 g/mol. The molecule has 2 N–H and O–H groups in total. The first kappa shape index (κ1) is 18.9. The standard InChI is InChI=1S/C22H20BrN3O/c1-3-12-27-18-10-6-15(7-11-18)20-14(2)21(26-22(25)19(20)13-24)16-4-8-17(23)9-5-16/h4-11H,3,12H2,1-2H3,(H2,25,26). The topological polar surface area (TPSA) is 71.9 Å². The number of rotatable bonds is 5. The molecule has 0 aliphatic carbocycles. The number of hydrogen-bond donors (Lipinski definition) is 1. The van der Waals surface area contributed by atoms with E-state index in [4.69, 9.17) is 10.5 Å². The van der Waals surface area contributed by atoms with Gasteiger partial charge >= 0.3 is 0 Å². The summed E-state index contributed by atoms with van der Waals surface area (Å²) in [7, 11) is 0. The quantitative estimate of drug-likeness (QED) is 0.570. The van der Waals surface area contributed by atoms with Gasteiger partial charge in [0.1, 0.15) is 23.2 Å². The van der Waals surface area contributed by atoms with Gasteiger partial charge in [-0.1, -0.05) is 47.1 Å². The van der Waals surface area contributed by atoms with Crippen molar-refractivity contribution in [2.24, 2.45) is 0 Å². The van der Waals surface area contributed by atoms with Crippen molar-refractivity contribution in [1.82, 2.24) is 4.98 Å². The van der Waals surface area contributed by atoms with Gasteiger partial charge in [-0.25, -0.2) is 4.98 Å². The van der Waals surface area contributed by atoms with Gasteiger partial charge in [-0.3, -0.25) is 0 Å². The fraction of sp³-hybridized carbons (Fsp3) is 0.182. The number of nitrogens with zero attached hydrogens (tertiary/aromatic N) is 2. The van der Waals surface area contributed by atoms with Crippen LogP contribution in [0.1, 0.15) is 24.5 Å². The average Bonchev–Trinajstić information content (AvgIpc) is 2.69. The Bertz CT molecular complexity index is 990. The zero-order chi connectivity index (χ0) is 19.4. The highest BCUT2D eigenvalue weighted by molar-refractivity contribution is 9.10. The fourth-order valence-corrected chi connectivity index (χ4v) is 3.26. The molecule has 0 atom stereocenters. The number of hydrogen-bond acceptors (Lipinski definition) is 4. The van der Waals surface area contributed by atoms with Gasteiger partial charge in [0.05, 0.1) is 12.3 Å². The highest BCUT2D eigenvalue weighted by Crippen LogP contribution is 2.36. The number of pyridine rings is 1. The maximum Gasteiger partial charge on any atom is 0.142 e. The summed E-state index contributed by atoms with van der Waals surface area (Å²) in [5.41, 5.74) is 10.9. The second-order valence-electron chi connectivity index (χ2n) is 6.21. The van der Waals surface area contributed by atoms with Crippen molar-refractivity contribution in [1.29, 1.82) is 5.26 Å². The molecule has 1 heterocycles. The summed E-state index contributed by atoms with van der Waals surface area (Å²) in [6, 6.07) is 17.9. The van der Waals surface area contributed by atoms with Crippen LogP contribution >= 0.6 is 15.9 Å². The summed E-state index contributed by atoms with van der Waals surface area (Å²) in [6.07, 6.45) is 0.955. The van der Waals surface area contributed by atoms with Crippen LogP contribution in [0.15, 0.2) is 53.0 Å². The molecule has 4 nitrogen and oxygen atoms in total. The van der Waals surface area contributed by atoms with Crippen molar-refractivity contribution < 1.29 is 4.74 Å². The number of ether oxygens (including phenoxy) is 1. The van der Waals surface area contributed by atoms with Gasteiger partial charge in [-0.05, 0) is 48.7 Å². The number of halogens is 1. The molecule has 0 unspecified atom stereocenters. The average molecular weight is 422 g/mol. The van der Waals surface area contributed by atoms with Crippen LogP contribution < -0.4 is 10.5 Å². The molecule has 136 valence electrons. The first-order chi connectivity index (χ1) is 13.0. The van der Waals surface area contributed by atoms with Gasteiger partial charge < -0.3 is 10.5 Å². The minimum absolute atomic E-state index is 0.238. The van der Waals surface area contributed by atoms with Crippen LogP contribution in [-0.4, -0.2) is 11.6 Å². The zero-order valence-electron chi connectivity index (χ0n) is 15.3. The molecule has 0 bridgehead atoms. The minimum Gasteiger partial charge on any atom is -0.494 e. The lowest BCUT2D eigenvalue weighted by Crippen LogP contribution is -2.03. The highest BCUT2D eigenvalue weighted by atomic mass is 79.9. The van der Waals surface area contributed by atoms with Gasteiger partial charge in [0, 0.05) is 15.6 Å². The second-order valence-corrected chi connectivity index (χ2v) is 7.13. The van der Waals surface area contributed by atoms with E-state index in [1.165, 1.54) is 0 Å². The van der Waals surface area contributed by atoms with E-state index in [1.54, 1.807) is 0 Å². The third-order valence-corrected chi connectivity index (χ3v) is 4.84. The molecule has 0 fully saturated rings. The Balaban J connectivity index is 2.13. The third kappa shape index (κ3) is 3.96. The van der Waals surface area contributed by atoms with Crippen molar-refractivity contribution >= 4 is 21.7 Å². The number of aromatic nitrogens is 1. The van der Waals surface area contributed by atoms with Crippen LogP contribution in [0, 0.1) is 18.3 Å². The van der Waals surface area contributed by atoms with Crippen molar-refractivity contribution in [2.75, 3.05) is 12.3 Å². The summed E-state index contributed by atoms with van der Waals surface area (Å²) in [4.78, 5) is 4.50. The van der Waals surface area contributed by atoms with Crippen molar-refractivity contribution in [3.8, 4) is 34.2 Å². The van der Waals surface area contributed by atoms with Crippen LogP contribution in [0.2, 0.25) is 0 Å². The Morgan fingerprint density at radius 1 is 1.07 bits per heavy atom. The molecule has 3 aromatic rings. The van der Waals surface area contributed by atoms with E-state index in [0.29, 0.717) is 12.2 Å². The van der Waals surface area contributed by atoms with Crippen molar-refractivity contribution in [3.05, 3.63) is 64.1 Å².